The first-order chi connectivity index (χ1) is 9.10. The average molecular weight is 253 g/mol. The van der Waals surface area contributed by atoms with E-state index >= 15 is 0 Å². The molecule has 0 atom stereocenters. The van der Waals surface area contributed by atoms with Crippen molar-refractivity contribution < 1.29 is 0 Å². The number of allylic oxidation sites excluding steroid dienone is 2. The molecular weight excluding hydrogens is 234 g/mol. The van der Waals surface area contributed by atoms with Crippen molar-refractivity contribution in [2.45, 2.75) is 27.2 Å². The first-order valence-electron chi connectivity index (χ1n) is 6.42. The zero-order chi connectivity index (χ0) is 13.8. The second-order valence-electron chi connectivity index (χ2n) is 4.83. The van der Waals surface area contributed by atoms with Gasteiger partial charge in [-0.3, -0.25) is 15.0 Å². The number of nitrogens with zero attached hydrogens (tertiary/aromatic N) is 3. The summed E-state index contributed by atoms with van der Waals surface area (Å²) in [7, 11) is 1.76. The Balaban J connectivity index is 2.21. The summed E-state index contributed by atoms with van der Waals surface area (Å²) in [6.07, 6.45) is 6.53. The highest BCUT2D eigenvalue weighted by Gasteiger charge is 2.05. The molecule has 1 heterocycles. The van der Waals surface area contributed by atoms with Crippen molar-refractivity contribution in [3.63, 3.8) is 0 Å². The fourth-order valence-electron chi connectivity index (χ4n) is 2.29. The Hall–Kier alpha value is -2.03. The summed E-state index contributed by atoms with van der Waals surface area (Å²) in [5.41, 5.74) is 6.61. The Morgan fingerprint density at radius 1 is 1.11 bits per heavy atom. The Morgan fingerprint density at radius 2 is 1.79 bits per heavy atom. The van der Waals surface area contributed by atoms with Crippen LogP contribution in [-0.2, 0) is 0 Å². The first kappa shape index (κ1) is 13.4. The van der Waals surface area contributed by atoms with Crippen LogP contribution < -0.4 is 0 Å². The number of benzene rings is 1. The summed E-state index contributed by atoms with van der Waals surface area (Å²) < 4.78 is 0. The lowest BCUT2D eigenvalue weighted by Crippen LogP contribution is -1.93. The first-order valence-corrected chi connectivity index (χ1v) is 6.42. The van der Waals surface area contributed by atoms with Crippen LogP contribution in [0.25, 0.3) is 0 Å². The molecule has 3 nitrogen and oxygen atoms in total. The van der Waals surface area contributed by atoms with Gasteiger partial charge in [0.25, 0.3) is 0 Å². The summed E-state index contributed by atoms with van der Waals surface area (Å²) in [5.74, 6) is 0. The maximum atomic E-state index is 4.58. The average Bonchev–Trinajstić information content (AvgIpc) is 2.76. The number of hydrogen-bond donors (Lipinski definition) is 0. The topological polar surface area (TPSA) is 37.1 Å². The lowest BCUT2D eigenvalue weighted by atomic mass is 10.1. The molecule has 0 saturated carbocycles. The molecule has 1 aromatic rings. The summed E-state index contributed by atoms with van der Waals surface area (Å²) in [6, 6.07) is 4.31. The van der Waals surface area contributed by atoms with Gasteiger partial charge in [-0.25, -0.2) is 0 Å². The molecule has 0 unspecified atom stereocenters. The quantitative estimate of drug-likeness (QED) is 0.736. The van der Waals surface area contributed by atoms with Crippen LogP contribution in [-0.4, -0.2) is 25.2 Å². The van der Waals surface area contributed by atoms with Crippen LogP contribution in [0.2, 0.25) is 0 Å². The van der Waals surface area contributed by atoms with Gasteiger partial charge in [-0.05, 0) is 31.9 Å². The summed E-state index contributed by atoms with van der Waals surface area (Å²) in [4.78, 5) is 13.0. The van der Waals surface area contributed by atoms with Crippen molar-refractivity contribution in [2.75, 3.05) is 7.05 Å². The van der Waals surface area contributed by atoms with E-state index in [9.17, 15) is 0 Å². The van der Waals surface area contributed by atoms with Crippen molar-refractivity contribution in [2.24, 2.45) is 15.0 Å². The molecule has 19 heavy (non-hydrogen) atoms. The molecule has 98 valence electrons. The normalized spacial score (nSPS) is 15.4. The second-order valence-corrected chi connectivity index (χ2v) is 4.83. The van der Waals surface area contributed by atoms with Crippen molar-refractivity contribution in [1.29, 1.82) is 0 Å². The van der Waals surface area contributed by atoms with Crippen LogP contribution in [0.1, 0.15) is 23.1 Å². The van der Waals surface area contributed by atoms with E-state index in [1.165, 1.54) is 16.7 Å². The maximum Gasteiger partial charge on any atom is 0.0780 e. The predicted molar refractivity (Wildman–Crippen MR) is 83.4 cm³/mol. The van der Waals surface area contributed by atoms with Gasteiger partial charge in [-0.1, -0.05) is 23.8 Å². The van der Waals surface area contributed by atoms with Gasteiger partial charge in [0.15, 0.2) is 0 Å². The molecule has 0 radical (unpaired) electrons. The lowest BCUT2D eigenvalue weighted by molar-refractivity contribution is 1.29. The summed E-state index contributed by atoms with van der Waals surface area (Å²) in [6.45, 7) is 6.29. The Morgan fingerprint density at radius 3 is 2.42 bits per heavy atom. The smallest absolute Gasteiger partial charge is 0.0780 e. The minimum absolute atomic E-state index is 0.838. The molecule has 0 spiro atoms. The number of aliphatic imine (C=N–C) groups is 3. The third-order valence-electron chi connectivity index (χ3n) is 3.03. The minimum atomic E-state index is 0.838. The van der Waals surface area contributed by atoms with Crippen LogP contribution >= 0.6 is 0 Å². The predicted octanol–water partition coefficient (Wildman–Crippen LogP) is 3.74. The fraction of sp³-hybridized carbons (Fsp3) is 0.312. The molecule has 1 aliphatic heterocycles. The molecule has 0 aliphatic carbocycles. The van der Waals surface area contributed by atoms with Gasteiger partial charge in [0.1, 0.15) is 0 Å². The van der Waals surface area contributed by atoms with E-state index in [1.54, 1.807) is 13.3 Å². The molecule has 1 aromatic carbocycles. The van der Waals surface area contributed by atoms with E-state index < -0.39 is 0 Å². The number of aryl methyl sites for hydroxylation is 3. The maximum absolute atomic E-state index is 4.58. The summed E-state index contributed by atoms with van der Waals surface area (Å²) >= 11 is 0. The molecule has 0 N–H and O–H groups in total. The molecule has 1 aliphatic rings. The number of hydrogen-bond acceptors (Lipinski definition) is 3. The van der Waals surface area contributed by atoms with Gasteiger partial charge in [0.05, 0.1) is 23.3 Å². The molecule has 0 aromatic heterocycles. The van der Waals surface area contributed by atoms with E-state index in [4.69, 9.17) is 0 Å². The van der Waals surface area contributed by atoms with Crippen LogP contribution in [0.3, 0.4) is 0 Å². The van der Waals surface area contributed by atoms with E-state index in [2.05, 4.69) is 54.0 Å². The molecule has 0 bridgehead atoms. The molecule has 0 amide bonds. The van der Waals surface area contributed by atoms with Crippen molar-refractivity contribution >= 4 is 23.8 Å². The summed E-state index contributed by atoms with van der Waals surface area (Å²) in [5, 5.41) is 0. The zero-order valence-corrected chi connectivity index (χ0v) is 11.9. The van der Waals surface area contributed by atoms with Gasteiger partial charge in [-0.15, -0.1) is 0 Å². The van der Waals surface area contributed by atoms with Gasteiger partial charge < -0.3 is 0 Å². The van der Waals surface area contributed by atoms with Crippen LogP contribution in [0, 0.1) is 20.8 Å². The highest BCUT2D eigenvalue weighted by atomic mass is 14.8. The van der Waals surface area contributed by atoms with Crippen LogP contribution in [0.4, 0.5) is 5.69 Å². The highest BCUT2D eigenvalue weighted by Crippen LogP contribution is 2.25. The van der Waals surface area contributed by atoms with Gasteiger partial charge in [0.2, 0.25) is 0 Å². The third kappa shape index (κ3) is 3.25. The number of rotatable bonds is 3. The molecule has 2 rings (SSSR count). The van der Waals surface area contributed by atoms with Gasteiger partial charge in [0, 0.05) is 19.7 Å². The molecule has 3 heteroatoms. The van der Waals surface area contributed by atoms with Gasteiger partial charge in [-0.2, -0.15) is 0 Å². The Bertz CT molecular complexity index is 581. The standard InChI is InChI=1S/C16H19N3/c1-11-7-12(2)16(13(3)8-11)18-10-15-6-5-14(19-15)9-17-4/h6-10H,5H2,1-4H3. The Kier molecular flexibility index (Phi) is 4.05. The largest absolute Gasteiger partial charge is 0.295 e. The minimum Gasteiger partial charge on any atom is -0.295 e. The SMILES string of the molecule is CN=CC1=NC(C=Nc2c(C)cc(C)cc2C)=CC1. The highest BCUT2D eigenvalue weighted by molar-refractivity contribution is 6.32. The second kappa shape index (κ2) is 5.74. The fourth-order valence-corrected chi connectivity index (χ4v) is 2.29. The van der Waals surface area contributed by atoms with E-state index in [0.29, 0.717) is 0 Å². The van der Waals surface area contributed by atoms with Crippen LogP contribution in [0.15, 0.2) is 38.9 Å². The molecular formula is C16H19N3. The monoisotopic (exact) mass is 253 g/mol. The zero-order valence-electron chi connectivity index (χ0n) is 11.9. The van der Waals surface area contributed by atoms with Crippen molar-refractivity contribution in [1.82, 2.24) is 0 Å². The molecule has 0 saturated heterocycles. The van der Waals surface area contributed by atoms with Gasteiger partial charge >= 0.3 is 0 Å². The lowest BCUT2D eigenvalue weighted by Gasteiger charge is -2.06. The van der Waals surface area contributed by atoms with E-state index in [-0.39, 0.29) is 0 Å². The Labute approximate surface area is 114 Å². The van der Waals surface area contributed by atoms with Crippen molar-refractivity contribution in [3.8, 4) is 0 Å². The van der Waals surface area contributed by atoms with E-state index in [0.717, 1.165) is 23.5 Å². The van der Waals surface area contributed by atoms with Crippen molar-refractivity contribution in [3.05, 3.63) is 40.6 Å². The molecule has 0 fully saturated rings. The third-order valence-corrected chi connectivity index (χ3v) is 3.03. The van der Waals surface area contributed by atoms with Crippen LogP contribution in [0.5, 0.6) is 0 Å². The van der Waals surface area contributed by atoms with E-state index in [1.807, 2.05) is 6.21 Å².